The smallest absolute Gasteiger partial charge is 0.0139 e. The van der Waals surface area contributed by atoms with Crippen LogP contribution >= 0.6 is 0 Å². The Balaban J connectivity index is 1.71. The van der Waals surface area contributed by atoms with Crippen molar-refractivity contribution >= 4 is 0 Å². The summed E-state index contributed by atoms with van der Waals surface area (Å²) >= 11 is 0. The Kier molecular flexibility index (Phi) is 5.07. The van der Waals surface area contributed by atoms with E-state index in [0.29, 0.717) is 6.04 Å². The monoisotopic (exact) mass is 279 g/mol. The maximum Gasteiger partial charge on any atom is 0.0139 e. The van der Waals surface area contributed by atoms with Crippen molar-refractivity contribution in [2.45, 2.75) is 38.1 Å². The van der Waals surface area contributed by atoms with Gasteiger partial charge in [0.15, 0.2) is 0 Å². The van der Waals surface area contributed by atoms with E-state index in [2.05, 4.69) is 66.0 Å². The van der Waals surface area contributed by atoms with Gasteiger partial charge in [0.1, 0.15) is 0 Å². The van der Waals surface area contributed by atoms with Gasteiger partial charge in [0, 0.05) is 6.04 Å². The van der Waals surface area contributed by atoms with Crippen molar-refractivity contribution in [1.82, 2.24) is 5.32 Å². The number of rotatable bonds is 4. The van der Waals surface area contributed by atoms with Crippen LogP contribution in [0, 0.1) is 5.92 Å². The summed E-state index contributed by atoms with van der Waals surface area (Å²) in [6.45, 7) is 1.17. The standard InChI is InChI=1S/C20H25N/c1-3-9-17(10-4-1)15-19-13-7-8-14-21-20(19)16-18-11-5-2-6-12-18/h1-6,9-12,19-21H,7-8,13-16H2. The van der Waals surface area contributed by atoms with E-state index >= 15 is 0 Å². The molecule has 1 aliphatic heterocycles. The average molecular weight is 279 g/mol. The highest BCUT2D eigenvalue weighted by atomic mass is 14.9. The first-order valence-corrected chi connectivity index (χ1v) is 8.23. The van der Waals surface area contributed by atoms with Gasteiger partial charge in [-0.05, 0) is 49.3 Å². The van der Waals surface area contributed by atoms with Gasteiger partial charge >= 0.3 is 0 Å². The molecule has 1 aliphatic rings. The molecule has 0 amide bonds. The molecule has 1 N–H and O–H groups in total. The van der Waals surface area contributed by atoms with E-state index in [1.54, 1.807) is 0 Å². The first-order chi connectivity index (χ1) is 10.4. The van der Waals surface area contributed by atoms with Crippen LogP contribution in [0.1, 0.15) is 30.4 Å². The predicted molar refractivity (Wildman–Crippen MR) is 89.4 cm³/mol. The summed E-state index contributed by atoms with van der Waals surface area (Å²) in [6, 6.07) is 22.5. The van der Waals surface area contributed by atoms with Gasteiger partial charge in [-0.2, -0.15) is 0 Å². The molecule has 0 spiro atoms. The van der Waals surface area contributed by atoms with Crippen molar-refractivity contribution in [2.75, 3.05) is 6.54 Å². The average Bonchev–Trinajstić information content (AvgIpc) is 2.75. The van der Waals surface area contributed by atoms with E-state index in [1.165, 1.54) is 43.4 Å². The third-order valence-corrected chi connectivity index (χ3v) is 4.62. The zero-order chi connectivity index (χ0) is 14.3. The molecule has 0 bridgehead atoms. The van der Waals surface area contributed by atoms with Crippen molar-refractivity contribution < 1.29 is 0 Å². The van der Waals surface area contributed by atoms with E-state index < -0.39 is 0 Å². The molecule has 2 aromatic carbocycles. The topological polar surface area (TPSA) is 12.0 Å². The largest absolute Gasteiger partial charge is 0.313 e. The van der Waals surface area contributed by atoms with Gasteiger partial charge < -0.3 is 5.32 Å². The molecule has 1 heteroatoms. The lowest BCUT2D eigenvalue weighted by Gasteiger charge is -2.26. The number of benzene rings is 2. The highest BCUT2D eigenvalue weighted by molar-refractivity contribution is 5.18. The fourth-order valence-corrected chi connectivity index (χ4v) is 3.45. The summed E-state index contributed by atoms with van der Waals surface area (Å²) in [6.07, 6.45) is 6.37. The van der Waals surface area contributed by atoms with Crippen molar-refractivity contribution in [3.05, 3.63) is 71.8 Å². The van der Waals surface area contributed by atoms with Gasteiger partial charge in [-0.15, -0.1) is 0 Å². The second-order valence-corrected chi connectivity index (χ2v) is 6.20. The first-order valence-electron chi connectivity index (χ1n) is 8.23. The molecule has 0 radical (unpaired) electrons. The predicted octanol–water partition coefficient (Wildman–Crippen LogP) is 4.23. The molecule has 2 atom stereocenters. The van der Waals surface area contributed by atoms with Crippen LogP contribution in [0.2, 0.25) is 0 Å². The lowest BCUT2D eigenvalue weighted by Crippen LogP contribution is -2.37. The summed E-state index contributed by atoms with van der Waals surface area (Å²) in [4.78, 5) is 0. The zero-order valence-corrected chi connectivity index (χ0v) is 12.7. The zero-order valence-electron chi connectivity index (χ0n) is 12.7. The molecule has 1 fully saturated rings. The third-order valence-electron chi connectivity index (χ3n) is 4.62. The minimum Gasteiger partial charge on any atom is -0.313 e. The van der Waals surface area contributed by atoms with Gasteiger partial charge in [0.25, 0.3) is 0 Å². The third kappa shape index (κ3) is 4.18. The quantitative estimate of drug-likeness (QED) is 0.883. The van der Waals surface area contributed by atoms with Gasteiger partial charge in [0.2, 0.25) is 0 Å². The Morgan fingerprint density at radius 1 is 0.762 bits per heavy atom. The molecule has 2 unspecified atom stereocenters. The second-order valence-electron chi connectivity index (χ2n) is 6.20. The molecule has 2 aromatic rings. The molecular weight excluding hydrogens is 254 g/mol. The molecule has 21 heavy (non-hydrogen) atoms. The summed E-state index contributed by atoms with van der Waals surface area (Å²) in [5, 5.41) is 3.80. The van der Waals surface area contributed by atoms with Crippen molar-refractivity contribution in [2.24, 2.45) is 5.92 Å². The summed E-state index contributed by atoms with van der Waals surface area (Å²) in [7, 11) is 0. The molecule has 0 aliphatic carbocycles. The van der Waals surface area contributed by atoms with Crippen LogP contribution in [0.5, 0.6) is 0 Å². The maximum atomic E-state index is 3.80. The molecule has 110 valence electrons. The highest BCUT2D eigenvalue weighted by Gasteiger charge is 2.23. The van der Waals surface area contributed by atoms with E-state index in [4.69, 9.17) is 0 Å². The first kappa shape index (κ1) is 14.3. The normalized spacial score (nSPS) is 22.7. The summed E-state index contributed by atoms with van der Waals surface area (Å²) in [5.41, 5.74) is 2.93. The Labute approximate surface area is 128 Å². The Morgan fingerprint density at radius 2 is 1.38 bits per heavy atom. The van der Waals surface area contributed by atoms with Crippen LogP contribution < -0.4 is 5.32 Å². The molecular formula is C20H25N. The minimum absolute atomic E-state index is 0.607. The van der Waals surface area contributed by atoms with E-state index in [-0.39, 0.29) is 0 Å². The Bertz CT molecular complexity index is 471. The lowest BCUT2D eigenvalue weighted by atomic mass is 9.86. The maximum absolute atomic E-state index is 3.80. The minimum atomic E-state index is 0.607. The van der Waals surface area contributed by atoms with E-state index in [1.807, 2.05) is 0 Å². The summed E-state index contributed by atoms with van der Waals surface area (Å²) in [5.74, 6) is 0.745. The van der Waals surface area contributed by atoms with Crippen molar-refractivity contribution in [3.63, 3.8) is 0 Å². The summed E-state index contributed by atoms with van der Waals surface area (Å²) < 4.78 is 0. The van der Waals surface area contributed by atoms with Crippen molar-refractivity contribution in [3.8, 4) is 0 Å². The van der Waals surface area contributed by atoms with E-state index in [9.17, 15) is 0 Å². The van der Waals surface area contributed by atoms with Gasteiger partial charge in [0.05, 0.1) is 0 Å². The van der Waals surface area contributed by atoms with Gasteiger partial charge in [-0.3, -0.25) is 0 Å². The second kappa shape index (κ2) is 7.42. The fourth-order valence-electron chi connectivity index (χ4n) is 3.45. The molecule has 3 rings (SSSR count). The number of nitrogens with one attached hydrogen (secondary N) is 1. The van der Waals surface area contributed by atoms with Crippen molar-refractivity contribution in [1.29, 1.82) is 0 Å². The molecule has 0 saturated carbocycles. The van der Waals surface area contributed by atoms with Crippen LogP contribution in [0.25, 0.3) is 0 Å². The van der Waals surface area contributed by atoms with E-state index in [0.717, 1.165) is 12.3 Å². The van der Waals surface area contributed by atoms with Gasteiger partial charge in [-0.1, -0.05) is 67.1 Å². The molecule has 0 aromatic heterocycles. The fraction of sp³-hybridized carbons (Fsp3) is 0.400. The number of hydrogen-bond acceptors (Lipinski definition) is 1. The van der Waals surface area contributed by atoms with Crippen LogP contribution in [0.4, 0.5) is 0 Å². The van der Waals surface area contributed by atoms with Gasteiger partial charge in [-0.25, -0.2) is 0 Å². The SMILES string of the molecule is c1ccc(CC2CCCCNC2Cc2ccccc2)cc1. The van der Waals surface area contributed by atoms with Crippen LogP contribution in [-0.2, 0) is 12.8 Å². The highest BCUT2D eigenvalue weighted by Crippen LogP contribution is 2.24. The lowest BCUT2D eigenvalue weighted by molar-refractivity contribution is 0.356. The van der Waals surface area contributed by atoms with Crippen LogP contribution in [0.15, 0.2) is 60.7 Å². The Hall–Kier alpha value is -1.60. The van der Waals surface area contributed by atoms with Crippen LogP contribution in [-0.4, -0.2) is 12.6 Å². The molecule has 1 nitrogen and oxygen atoms in total. The molecule has 1 heterocycles. The molecule has 1 saturated heterocycles. The Morgan fingerprint density at radius 3 is 2.05 bits per heavy atom. The van der Waals surface area contributed by atoms with Crippen LogP contribution in [0.3, 0.4) is 0 Å². The number of hydrogen-bond donors (Lipinski definition) is 1.